The van der Waals surface area contributed by atoms with Gasteiger partial charge in [-0.25, -0.2) is 0 Å². The normalized spacial score (nSPS) is 16.6. The molecule has 1 unspecified atom stereocenters. The van der Waals surface area contributed by atoms with E-state index in [9.17, 15) is 5.11 Å². The fourth-order valence-electron chi connectivity index (χ4n) is 4.04. The molecule has 0 aliphatic carbocycles. The van der Waals surface area contributed by atoms with E-state index in [1.54, 1.807) is 14.2 Å². The maximum atomic E-state index is 10.5. The van der Waals surface area contributed by atoms with Gasteiger partial charge in [0.1, 0.15) is 0 Å². The summed E-state index contributed by atoms with van der Waals surface area (Å²) in [6.07, 6.45) is -0.337. The van der Waals surface area contributed by atoms with E-state index in [-0.39, 0.29) is 6.10 Å². The molecular formula is C24H35N3O3. The average molecular weight is 414 g/mol. The Balaban J connectivity index is 1.40. The zero-order valence-corrected chi connectivity index (χ0v) is 18.5. The Labute approximate surface area is 180 Å². The van der Waals surface area contributed by atoms with Gasteiger partial charge in [0.05, 0.1) is 20.3 Å². The molecule has 2 aromatic carbocycles. The Morgan fingerprint density at radius 1 is 0.900 bits per heavy atom. The summed E-state index contributed by atoms with van der Waals surface area (Å²) in [6, 6.07) is 16.5. The first-order valence-electron chi connectivity index (χ1n) is 10.6. The number of aliphatic hydroxyl groups excluding tert-OH is 1. The predicted molar refractivity (Wildman–Crippen MR) is 120 cm³/mol. The predicted octanol–water partition coefficient (Wildman–Crippen LogP) is 2.31. The third-order valence-corrected chi connectivity index (χ3v) is 5.61. The zero-order chi connectivity index (χ0) is 21.3. The Hall–Kier alpha value is -2.12. The minimum absolute atomic E-state index is 0.337. The number of likely N-dealkylation sites (N-methyl/N-ethyl adjacent to an activating group) is 1. The lowest BCUT2D eigenvalue weighted by molar-refractivity contribution is 0.0525. The van der Waals surface area contributed by atoms with Gasteiger partial charge in [-0.15, -0.1) is 0 Å². The van der Waals surface area contributed by atoms with Crippen molar-refractivity contribution in [2.24, 2.45) is 0 Å². The number of aliphatic hydroxyl groups is 1. The molecule has 1 aliphatic rings. The Morgan fingerprint density at radius 2 is 1.57 bits per heavy atom. The Kier molecular flexibility index (Phi) is 8.51. The molecule has 1 aliphatic heterocycles. The average Bonchev–Trinajstić information content (AvgIpc) is 2.75. The molecule has 1 heterocycles. The number of ether oxygens (including phenoxy) is 2. The van der Waals surface area contributed by atoms with Crippen LogP contribution in [-0.2, 0) is 13.1 Å². The van der Waals surface area contributed by atoms with E-state index in [1.807, 2.05) is 12.1 Å². The van der Waals surface area contributed by atoms with Crippen LogP contribution >= 0.6 is 0 Å². The molecule has 6 heteroatoms. The highest BCUT2D eigenvalue weighted by molar-refractivity contribution is 5.42. The van der Waals surface area contributed by atoms with E-state index in [0.29, 0.717) is 6.54 Å². The van der Waals surface area contributed by atoms with Crippen LogP contribution < -0.4 is 9.47 Å². The number of benzene rings is 2. The number of methoxy groups -OCH3 is 2. The minimum atomic E-state index is -0.337. The molecule has 0 spiro atoms. The molecule has 30 heavy (non-hydrogen) atoms. The molecule has 0 radical (unpaired) electrons. The lowest BCUT2D eigenvalue weighted by Crippen LogP contribution is -2.49. The fraction of sp³-hybridized carbons (Fsp3) is 0.500. The number of hydrogen-bond acceptors (Lipinski definition) is 6. The molecule has 0 bridgehead atoms. The van der Waals surface area contributed by atoms with E-state index in [4.69, 9.17) is 9.47 Å². The highest BCUT2D eigenvalue weighted by Crippen LogP contribution is 2.28. The van der Waals surface area contributed by atoms with Crippen molar-refractivity contribution in [3.8, 4) is 11.5 Å². The topological polar surface area (TPSA) is 48.4 Å². The van der Waals surface area contributed by atoms with Crippen LogP contribution in [0.5, 0.6) is 11.5 Å². The van der Waals surface area contributed by atoms with Crippen LogP contribution in [0.4, 0.5) is 0 Å². The number of rotatable bonds is 10. The fourth-order valence-corrected chi connectivity index (χ4v) is 4.04. The monoisotopic (exact) mass is 413 g/mol. The van der Waals surface area contributed by atoms with Gasteiger partial charge in [0.15, 0.2) is 11.5 Å². The van der Waals surface area contributed by atoms with Gasteiger partial charge in [0, 0.05) is 52.4 Å². The molecule has 1 N–H and O–H groups in total. The van der Waals surface area contributed by atoms with E-state index < -0.39 is 0 Å². The molecule has 1 atom stereocenters. The third-order valence-electron chi connectivity index (χ3n) is 5.61. The van der Waals surface area contributed by atoms with Gasteiger partial charge in [0.2, 0.25) is 0 Å². The SMILES string of the molecule is COc1ccc(CN2CCN(CC(O)CN(C)Cc3ccccc3)CC2)cc1OC. The first-order chi connectivity index (χ1) is 14.6. The van der Waals surface area contributed by atoms with Crippen molar-refractivity contribution in [1.82, 2.24) is 14.7 Å². The van der Waals surface area contributed by atoms with Crippen LogP contribution in [0.3, 0.4) is 0 Å². The van der Waals surface area contributed by atoms with Crippen LogP contribution in [0, 0.1) is 0 Å². The molecule has 1 fully saturated rings. The zero-order valence-electron chi connectivity index (χ0n) is 18.5. The van der Waals surface area contributed by atoms with E-state index >= 15 is 0 Å². The van der Waals surface area contributed by atoms with Gasteiger partial charge in [-0.3, -0.25) is 14.7 Å². The second kappa shape index (κ2) is 11.3. The smallest absolute Gasteiger partial charge is 0.161 e. The Morgan fingerprint density at radius 3 is 2.23 bits per heavy atom. The van der Waals surface area contributed by atoms with Gasteiger partial charge in [-0.2, -0.15) is 0 Å². The maximum Gasteiger partial charge on any atom is 0.161 e. The highest BCUT2D eigenvalue weighted by Gasteiger charge is 2.20. The maximum absolute atomic E-state index is 10.5. The number of piperazine rings is 1. The minimum Gasteiger partial charge on any atom is -0.493 e. The molecular weight excluding hydrogens is 378 g/mol. The molecule has 0 amide bonds. The van der Waals surface area contributed by atoms with Crippen molar-refractivity contribution in [2.45, 2.75) is 19.2 Å². The van der Waals surface area contributed by atoms with Crippen LogP contribution in [-0.4, -0.2) is 86.4 Å². The van der Waals surface area contributed by atoms with Gasteiger partial charge in [0.25, 0.3) is 0 Å². The molecule has 0 aromatic heterocycles. The lowest BCUT2D eigenvalue weighted by Gasteiger charge is -2.36. The van der Waals surface area contributed by atoms with Gasteiger partial charge < -0.3 is 14.6 Å². The van der Waals surface area contributed by atoms with Crippen LogP contribution in [0.1, 0.15) is 11.1 Å². The number of nitrogens with zero attached hydrogens (tertiary/aromatic N) is 3. The third kappa shape index (κ3) is 6.71. The second-order valence-electron chi connectivity index (χ2n) is 8.10. The molecule has 0 saturated carbocycles. The van der Waals surface area contributed by atoms with E-state index in [1.165, 1.54) is 11.1 Å². The highest BCUT2D eigenvalue weighted by atomic mass is 16.5. The summed E-state index contributed by atoms with van der Waals surface area (Å²) in [4.78, 5) is 7.01. The summed E-state index contributed by atoms with van der Waals surface area (Å²) in [5.74, 6) is 1.54. The summed E-state index contributed by atoms with van der Waals surface area (Å²) in [6.45, 7) is 7.12. The Bertz CT molecular complexity index is 764. The number of hydrogen-bond donors (Lipinski definition) is 1. The summed E-state index contributed by atoms with van der Waals surface area (Å²) < 4.78 is 10.7. The standard InChI is InChI=1S/C24H35N3O3/c1-25(16-20-7-5-4-6-8-20)18-22(28)19-27-13-11-26(12-14-27)17-21-9-10-23(29-2)24(15-21)30-3/h4-10,15,22,28H,11-14,16-19H2,1-3H3. The lowest BCUT2D eigenvalue weighted by atomic mass is 10.1. The molecule has 164 valence electrons. The quantitative estimate of drug-likeness (QED) is 0.645. The van der Waals surface area contributed by atoms with Gasteiger partial charge in [-0.1, -0.05) is 36.4 Å². The summed E-state index contributed by atoms with van der Waals surface area (Å²) >= 11 is 0. The molecule has 6 nitrogen and oxygen atoms in total. The van der Waals surface area contributed by atoms with Gasteiger partial charge in [-0.05, 0) is 30.3 Å². The van der Waals surface area contributed by atoms with Crippen molar-refractivity contribution in [3.05, 3.63) is 59.7 Å². The van der Waals surface area contributed by atoms with Crippen molar-refractivity contribution < 1.29 is 14.6 Å². The number of β-amino-alcohol motifs (C(OH)–C–C–N with tert-alkyl or cyclic N) is 1. The molecule has 2 aromatic rings. The summed E-state index contributed by atoms with van der Waals surface area (Å²) in [7, 11) is 5.39. The van der Waals surface area contributed by atoms with Crippen LogP contribution in [0.25, 0.3) is 0 Å². The van der Waals surface area contributed by atoms with Crippen molar-refractivity contribution >= 4 is 0 Å². The summed E-state index contributed by atoms with van der Waals surface area (Å²) in [5, 5.41) is 10.5. The van der Waals surface area contributed by atoms with Crippen molar-refractivity contribution in [1.29, 1.82) is 0 Å². The van der Waals surface area contributed by atoms with Crippen LogP contribution in [0.15, 0.2) is 48.5 Å². The van der Waals surface area contributed by atoms with Crippen molar-refractivity contribution in [2.75, 3.05) is 60.5 Å². The van der Waals surface area contributed by atoms with E-state index in [2.05, 4.69) is 58.1 Å². The second-order valence-corrected chi connectivity index (χ2v) is 8.10. The van der Waals surface area contributed by atoms with Crippen LogP contribution in [0.2, 0.25) is 0 Å². The van der Waals surface area contributed by atoms with Crippen molar-refractivity contribution in [3.63, 3.8) is 0 Å². The molecule has 1 saturated heterocycles. The van der Waals surface area contributed by atoms with E-state index in [0.717, 1.165) is 57.3 Å². The first-order valence-corrected chi connectivity index (χ1v) is 10.6. The van der Waals surface area contributed by atoms with Gasteiger partial charge >= 0.3 is 0 Å². The summed E-state index contributed by atoms with van der Waals surface area (Å²) in [5.41, 5.74) is 2.50. The largest absolute Gasteiger partial charge is 0.493 e. The molecule has 3 rings (SSSR count). The first kappa shape index (κ1) is 22.6.